The summed E-state index contributed by atoms with van der Waals surface area (Å²) in [6.45, 7) is 10.1. The molecule has 4 heterocycles. The first-order valence-electron chi connectivity index (χ1n) is 28.4. The van der Waals surface area contributed by atoms with Crippen LogP contribution in [0.3, 0.4) is 0 Å². The van der Waals surface area contributed by atoms with Crippen molar-refractivity contribution in [3.05, 3.63) is 189 Å². The van der Waals surface area contributed by atoms with E-state index in [0.717, 1.165) is 58.9 Å². The zero-order chi connectivity index (χ0) is 60.7. The number of rotatable bonds is 25. The minimum atomic E-state index is -4.09. The quantitative estimate of drug-likeness (QED) is 0.0159. The zero-order valence-corrected chi connectivity index (χ0v) is 49.6. The molecule has 0 saturated carbocycles. The molecule has 4 aromatic carbocycles. The van der Waals surface area contributed by atoms with Crippen molar-refractivity contribution in [3.8, 4) is 5.75 Å². The Hall–Kier alpha value is -8.31. The fourth-order valence-electron chi connectivity index (χ4n) is 11.5. The lowest BCUT2D eigenvalue weighted by Gasteiger charge is -2.27. The number of nitrogen functional groups attached to an aromatic ring is 1. The van der Waals surface area contributed by atoms with Crippen molar-refractivity contribution in [1.82, 2.24) is 25.3 Å². The third kappa shape index (κ3) is 15.0. The van der Waals surface area contributed by atoms with Gasteiger partial charge in [0.25, 0.3) is 31.7 Å². The summed E-state index contributed by atoms with van der Waals surface area (Å²) < 4.78 is 74.2. The number of amides is 1. The highest BCUT2D eigenvalue weighted by Crippen LogP contribution is 2.48. The summed E-state index contributed by atoms with van der Waals surface area (Å²) >= 11 is 0. The number of nitrogens with zero attached hydrogens (tertiary/aromatic N) is 5. The molecule has 0 bridgehead atoms. The number of H-pyrrole nitrogens is 1. The Morgan fingerprint density at radius 2 is 1.55 bits per heavy atom. The van der Waals surface area contributed by atoms with Crippen LogP contribution >= 0.6 is 0 Å². The molecule has 1 unspecified atom stereocenters. The second-order valence-electron chi connectivity index (χ2n) is 22.7. The first-order valence-corrected chi connectivity index (χ1v) is 31.6. The summed E-state index contributed by atoms with van der Waals surface area (Å²) in [4.78, 5) is 55.6. The van der Waals surface area contributed by atoms with E-state index < -0.39 is 43.7 Å². The molecule has 2 aromatic heterocycles. The molecular weight excluding hydrogens is 1120 g/mol. The number of hydrogen-bond donors (Lipinski definition) is 7. The summed E-state index contributed by atoms with van der Waals surface area (Å²) in [5.41, 5.74) is 14.1. The van der Waals surface area contributed by atoms with Crippen molar-refractivity contribution < 1.29 is 49.9 Å². The third-order valence-corrected chi connectivity index (χ3v) is 17.5. The van der Waals surface area contributed by atoms with Crippen LogP contribution in [0.2, 0.25) is 0 Å². The number of aromatic amines is 1. The smallest absolute Gasteiger partial charge is 0.326 e. The molecule has 6 aromatic rings. The number of aromatic nitrogens is 4. The number of unbranched alkanes of at least 4 members (excludes halogenated alkanes) is 3. The molecule has 8 N–H and O–H groups in total. The molecule has 0 fully saturated rings. The molecule has 446 valence electrons. The Bertz CT molecular complexity index is 3950. The van der Waals surface area contributed by atoms with E-state index in [1.165, 1.54) is 11.8 Å². The summed E-state index contributed by atoms with van der Waals surface area (Å²) in [6.07, 6.45) is 17.0. The number of carboxylic acids is 1. The zero-order valence-electron chi connectivity index (χ0n) is 48.0. The van der Waals surface area contributed by atoms with Crippen LogP contribution in [0.15, 0.2) is 155 Å². The van der Waals surface area contributed by atoms with Crippen LogP contribution in [0.4, 0.5) is 23.0 Å². The van der Waals surface area contributed by atoms with E-state index >= 15 is 0 Å². The van der Waals surface area contributed by atoms with Crippen molar-refractivity contribution in [3.63, 3.8) is 0 Å². The van der Waals surface area contributed by atoms with Crippen LogP contribution < -0.4 is 31.6 Å². The fraction of sp³-hybridized carbons (Fsp3) is 0.349. The third-order valence-electron chi connectivity index (χ3n) is 15.9. The first-order chi connectivity index (χ1) is 40.4. The second kappa shape index (κ2) is 25.9. The Morgan fingerprint density at radius 3 is 2.27 bits per heavy atom. The maximum atomic E-state index is 13.5. The van der Waals surface area contributed by atoms with Gasteiger partial charge in [0.05, 0.1) is 35.4 Å². The van der Waals surface area contributed by atoms with E-state index in [1.54, 1.807) is 48.5 Å². The molecule has 9 rings (SSSR count). The Balaban J connectivity index is 0.953. The molecule has 0 saturated heterocycles. The predicted octanol–water partition coefficient (Wildman–Crippen LogP) is 9.36. The molecular formula is C63H72N9O11S2+. The highest BCUT2D eigenvalue weighted by atomic mass is 32.2. The lowest BCUT2D eigenvalue weighted by molar-refractivity contribution is -0.438. The van der Waals surface area contributed by atoms with Gasteiger partial charge in [-0.3, -0.25) is 23.7 Å². The average Bonchev–Trinajstić information content (AvgIpc) is 1.83. The molecule has 1 amide bonds. The Labute approximate surface area is 494 Å². The topological polar surface area (TPSA) is 300 Å². The molecule has 20 nitrogen and oxygen atoms in total. The molecule has 2 aliphatic heterocycles. The minimum Gasteiger partial charge on any atom is -0.480 e. The number of fused-ring (bicyclic) bond motifs is 3. The number of para-hydroxylation sites is 2. The SMILES string of the molecule is CC1(C)C(/C=C/C2=C(Oc3ccc(C[C@H](NC(=O)c4ccc(NCc5cnc6nc(N)[nH]c(=O)c6n5)cc4)C(=O)O)cc3)C(/C=C/C=C3\N(CCCCS(=O)(=O)O)c4ccccc4C3(C)C)CCC2)=[N+](CCCCCS(=O)(=O)O)c2ccccc21. The normalized spacial score (nSPS) is 17.5. The summed E-state index contributed by atoms with van der Waals surface area (Å²) in [6, 6.07) is 28.9. The molecule has 0 radical (unpaired) electrons. The maximum Gasteiger partial charge on any atom is 0.326 e. The number of hydrogen-bond acceptors (Lipinski definition) is 14. The van der Waals surface area contributed by atoms with Crippen LogP contribution in [0.1, 0.15) is 112 Å². The number of anilines is 3. The van der Waals surface area contributed by atoms with Gasteiger partial charge in [-0.25, -0.2) is 14.8 Å². The van der Waals surface area contributed by atoms with E-state index in [0.29, 0.717) is 67.9 Å². The lowest BCUT2D eigenvalue weighted by Crippen LogP contribution is -2.42. The van der Waals surface area contributed by atoms with Gasteiger partial charge in [0.15, 0.2) is 16.9 Å². The van der Waals surface area contributed by atoms with Crippen LogP contribution in [-0.2, 0) is 48.8 Å². The second-order valence-corrected chi connectivity index (χ2v) is 25.8. The standard InChI is InChI=1S/C63H71N9O11S2/c1-62(2)48-19-6-8-21-51(48)71(35-11-13-37-85(80,81)82)53(62)23-15-18-42-16-14-17-43(28-33-54-63(3,4)49-20-7-9-22-52(49)72(54)34-10-5-12-36-84(77,78)79)56(42)83-47-31-24-41(25-32-47)38-50(60(75)76)68-58(73)44-26-29-45(30-27-44)65-39-46-40-66-57-55(67-46)59(74)70-61(64)69-57/h6-9,15,18-33,40,42,50H,5,10-14,16-17,34-39H2,1-4H3,(H7-,64,65,66,68,69,70,73,74,75,76,77,78,79,80,81,82)/p+1/b18-15+,33-28+,53-23-/t42?,50-/m0/s1. The van der Waals surface area contributed by atoms with Crippen molar-refractivity contribution in [1.29, 1.82) is 0 Å². The number of nitrogens with two attached hydrogens (primary N) is 1. The van der Waals surface area contributed by atoms with E-state index in [1.807, 2.05) is 24.3 Å². The van der Waals surface area contributed by atoms with Gasteiger partial charge in [-0.05, 0) is 130 Å². The van der Waals surface area contributed by atoms with Gasteiger partial charge in [0, 0.05) is 71.1 Å². The minimum absolute atomic E-state index is 0.0129. The maximum absolute atomic E-state index is 13.5. The van der Waals surface area contributed by atoms with E-state index in [2.05, 4.69) is 122 Å². The Kier molecular flexibility index (Phi) is 18.7. The molecule has 3 aliphatic rings. The monoisotopic (exact) mass is 1190 g/mol. The number of aliphatic carboxylic acids is 1. The molecule has 0 spiro atoms. The van der Waals surface area contributed by atoms with Gasteiger partial charge < -0.3 is 31.1 Å². The van der Waals surface area contributed by atoms with Crippen molar-refractivity contribution in [2.75, 3.05) is 40.5 Å². The van der Waals surface area contributed by atoms with Crippen molar-refractivity contribution in [2.24, 2.45) is 5.92 Å². The highest BCUT2D eigenvalue weighted by molar-refractivity contribution is 7.86. The first kappa shape index (κ1) is 61.3. The van der Waals surface area contributed by atoms with Gasteiger partial charge in [-0.1, -0.05) is 74.5 Å². The van der Waals surface area contributed by atoms with Gasteiger partial charge >= 0.3 is 5.97 Å². The molecule has 1 aliphatic carbocycles. The van der Waals surface area contributed by atoms with Gasteiger partial charge in [0.1, 0.15) is 24.1 Å². The largest absolute Gasteiger partial charge is 0.480 e. The van der Waals surface area contributed by atoms with Crippen LogP contribution in [0.25, 0.3) is 11.2 Å². The summed E-state index contributed by atoms with van der Waals surface area (Å²) in [5, 5.41) is 16.2. The number of allylic oxidation sites excluding steroid dienone is 7. The van der Waals surface area contributed by atoms with Crippen LogP contribution in [0.5, 0.6) is 5.75 Å². The predicted molar refractivity (Wildman–Crippen MR) is 329 cm³/mol. The van der Waals surface area contributed by atoms with E-state index in [-0.39, 0.29) is 63.9 Å². The number of benzene rings is 4. The van der Waals surface area contributed by atoms with E-state index in [4.69, 9.17) is 10.5 Å². The van der Waals surface area contributed by atoms with Gasteiger partial charge in [0.2, 0.25) is 11.6 Å². The van der Waals surface area contributed by atoms with Crippen LogP contribution in [-0.4, -0.2) is 104 Å². The number of ether oxygens (including phenoxy) is 1. The number of carbonyl (C=O) groups excluding carboxylic acids is 1. The van der Waals surface area contributed by atoms with Gasteiger partial charge in [-0.15, -0.1) is 0 Å². The van der Waals surface area contributed by atoms with Gasteiger partial charge in [-0.2, -0.15) is 26.4 Å². The van der Waals surface area contributed by atoms with E-state index in [9.17, 15) is 45.4 Å². The number of carbonyl (C=O) groups is 2. The average molecular weight is 1200 g/mol. The van der Waals surface area contributed by atoms with Crippen molar-refractivity contribution in [2.45, 2.75) is 109 Å². The lowest BCUT2D eigenvalue weighted by atomic mass is 9.81. The highest BCUT2D eigenvalue weighted by Gasteiger charge is 2.44. The molecule has 22 heteroatoms. The fourth-order valence-corrected chi connectivity index (χ4v) is 12.6. The molecule has 85 heavy (non-hydrogen) atoms. The number of carboxylic acid groups (broad SMARTS) is 1. The van der Waals surface area contributed by atoms with Crippen LogP contribution in [0, 0.1) is 5.92 Å². The summed E-state index contributed by atoms with van der Waals surface area (Å²) in [7, 11) is -8.15. The Morgan fingerprint density at radius 1 is 0.859 bits per heavy atom. The molecule has 2 atom stereocenters. The van der Waals surface area contributed by atoms with Crippen molar-refractivity contribution >= 4 is 72.0 Å². The number of nitrogens with one attached hydrogen (secondary N) is 3. The summed E-state index contributed by atoms with van der Waals surface area (Å²) in [5.74, 6) is -1.31.